The van der Waals surface area contributed by atoms with Gasteiger partial charge in [-0.15, -0.1) is 0 Å². The number of benzene rings is 1. The fourth-order valence-electron chi connectivity index (χ4n) is 3.49. The Bertz CT molecular complexity index is 396. The minimum absolute atomic E-state index is 0.761. The summed E-state index contributed by atoms with van der Waals surface area (Å²) in [5.41, 5.74) is 3.17. The van der Waals surface area contributed by atoms with E-state index in [1.165, 1.54) is 45.4 Å². The van der Waals surface area contributed by atoms with Gasteiger partial charge in [0.2, 0.25) is 0 Å². The van der Waals surface area contributed by atoms with E-state index in [0.717, 1.165) is 12.0 Å². The number of nitrogens with one attached hydrogen (secondary N) is 1. The molecular weight excluding hydrogens is 220 g/mol. The molecule has 18 heavy (non-hydrogen) atoms. The van der Waals surface area contributed by atoms with Crippen LogP contribution in [0.15, 0.2) is 24.3 Å². The number of piperidine rings is 1. The van der Waals surface area contributed by atoms with Crippen LogP contribution in [0.2, 0.25) is 0 Å². The molecule has 1 saturated heterocycles. The first-order chi connectivity index (χ1) is 8.88. The number of hydrogen-bond acceptors (Lipinski definition) is 2. The van der Waals surface area contributed by atoms with Crippen LogP contribution in [-0.2, 0) is 6.42 Å². The van der Waals surface area contributed by atoms with Crippen LogP contribution >= 0.6 is 0 Å². The summed E-state index contributed by atoms with van der Waals surface area (Å²) < 4.78 is 0. The van der Waals surface area contributed by atoms with Crippen LogP contribution in [0.25, 0.3) is 0 Å². The molecule has 3 rings (SSSR count). The molecule has 2 nitrogen and oxygen atoms in total. The molecule has 1 N–H and O–H groups in total. The molecule has 2 heteroatoms. The molecule has 0 radical (unpaired) electrons. The molecule has 1 aliphatic carbocycles. The monoisotopic (exact) mass is 244 g/mol. The Morgan fingerprint density at radius 1 is 1.33 bits per heavy atom. The first-order valence-electron chi connectivity index (χ1n) is 7.41. The van der Waals surface area contributed by atoms with Gasteiger partial charge in [-0.1, -0.05) is 31.2 Å². The maximum Gasteiger partial charge on any atom is 0.0221 e. The lowest BCUT2D eigenvalue weighted by Crippen LogP contribution is -2.48. The van der Waals surface area contributed by atoms with Crippen molar-refractivity contribution in [1.29, 1.82) is 0 Å². The molecule has 0 aromatic heterocycles. The Labute approximate surface area is 110 Å². The number of hydrogen-bond donors (Lipinski definition) is 1. The summed E-state index contributed by atoms with van der Waals surface area (Å²) in [6.45, 7) is 7.13. The van der Waals surface area contributed by atoms with Crippen molar-refractivity contribution >= 4 is 0 Å². The molecule has 0 bridgehead atoms. The Hall–Kier alpha value is -0.860. The molecule has 2 atom stereocenters. The largest absolute Gasteiger partial charge is 0.315 e. The second-order valence-electron chi connectivity index (χ2n) is 5.69. The topological polar surface area (TPSA) is 15.3 Å². The van der Waals surface area contributed by atoms with Crippen molar-refractivity contribution in [2.75, 3.05) is 26.2 Å². The molecule has 1 aromatic carbocycles. The molecule has 98 valence electrons. The van der Waals surface area contributed by atoms with E-state index < -0.39 is 0 Å². The lowest BCUT2D eigenvalue weighted by atomic mass is 9.77. The van der Waals surface area contributed by atoms with Gasteiger partial charge in [0.05, 0.1) is 0 Å². The third-order valence-electron chi connectivity index (χ3n) is 4.61. The number of likely N-dealkylation sites (N-methyl/N-ethyl adjacent to an activating group) is 1. The fraction of sp³-hybridized carbons (Fsp3) is 0.625. The van der Waals surface area contributed by atoms with Crippen molar-refractivity contribution < 1.29 is 0 Å². The minimum Gasteiger partial charge on any atom is -0.315 e. The highest BCUT2D eigenvalue weighted by atomic mass is 15.2. The second kappa shape index (κ2) is 5.41. The maximum atomic E-state index is 3.54. The normalized spacial score (nSPS) is 26.8. The molecule has 2 aliphatic rings. The minimum atomic E-state index is 0.761. The third-order valence-corrected chi connectivity index (χ3v) is 4.61. The van der Waals surface area contributed by atoms with Gasteiger partial charge in [0.15, 0.2) is 0 Å². The zero-order valence-corrected chi connectivity index (χ0v) is 11.4. The van der Waals surface area contributed by atoms with E-state index in [0.29, 0.717) is 0 Å². The molecule has 1 aromatic rings. The van der Waals surface area contributed by atoms with Gasteiger partial charge in [0.25, 0.3) is 0 Å². The smallest absolute Gasteiger partial charge is 0.0221 e. The van der Waals surface area contributed by atoms with Crippen molar-refractivity contribution in [3.05, 3.63) is 35.4 Å². The summed E-state index contributed by atoms with van der Waals surface area (Å²) in [7, 11) is 0. The molecule has 1 fully saturated rings. The Morgan fingerprint density at radius 3 is 2.94 bits per heavy atom. The van der Waals surface area contributed by atoms with E-state index in [9.17, 15) is 0 Å². The van der Waals surface area contributed by atoms with E-state index in [4.69, 9.17) is 0 Å². The fourth-order valence-corrected chi connectivity index (χ4v) is 3.49. The molecule has 0 amide bonds. The number of fused-ring (bicyclic) bond motifs is 1. The van der Waals surface area contributed by atoms with Crippen molar-refractivity contribution in [2.45, 2.75) is 38.1 Å². The van der Waals surface area contributed by atoms with Gasteiger partial charge >= 0.3 is 0 Å². The van der Waals surface area contributed by atoms with Crippen LogP contribution in [0.3, 0.4) is 0 Å². The SMILES string of the molecule is CCN(CC1Cc2ccccc21)C1CCCNC1. The van der Waals surface area contributed by atoms with Gasteiger partial charge in [-0.25, -0.2) is 0 Å². The predicted octanol–water partition coefficient (Wildman–Crippen LogP) is 2.40. The molecule has 1 heterocycles. The summed E-state index contributed by atoms with van der Waals surface area (Å²) in [5.74, 6) is 0.781. The maximum absolute atomic E-state index is 3.54. The van der Waals surface area contributed by atoms with Crippen LogP contribution < -0.4 is 5.32 Å². The first-order valence-corrected chi connectivity index (χ1v) is 7.41. The van der Waals surface area contributed by atoms with Gasteiger partial charge in [-0.3, -0.25) is 4.90 Å². The van der Waals surface area contributed by atoms with E-state index in [1.54, 1.807) is 11.1 Å². The summed E-state index contributed by atoms with van der Waals surface area (Å²) >= 11 is 0. The zero-order valence-electron chi connectivity index (χ0n) is 11.4. The molecule has 1 aliphatic heterocycles. The van der Waals surface area contributed by atoms with Crippen LogP contribution in [0.4, 0.5) is 0 Å². The van der Waals surface area contributed by atoms with Crippen molar-refractivity contribution in [3.63, 3.8) is 0 Å². The Morgan fingerprint density at radius 2 is 2.22 bits per heavy atom. The molecular formula is C16H24N2. The highest BCUT2D eigenvalue weighted by Crippen LogP contribution is 2.35. The van der Waals surface area contributed by atoms with Gasteiger partial charge < -0.3 is 5.32 Å². The standard InChI is InChI=1S/C16H24N2/c1-2-18(15-7-5-9-17-11-15)12-14-10-13-6-3-4-8-16(13)14/h3-4,6,8,14-15,17H,2,5,7,9-12H2,1H3. The van der Waals surface area contributed by atoms with Crippen molar-refractivity contribution in [1.82, 2.24) is 10.2 Å². The molecule has 2 unspecified atom stereocenters. The molecule has 0 saturated carbocycles. The van der Waals surface area contributed by atoms with Gasteiger partial charge in [-0.05, 0) is 43.5 Å². The predicted molar refractivity (Wildman–Crippen MR) is 76.0 cm³/mol. The van der Waals surface area contributed by atoms with Crippen LogP contribution in [0.5, 0.6) is 0 Å². The van der Waals surface area contributed by atoms with E-state index in [1.807, 2.05) is 0 Å². The Balaban J connectivity index is 1.61. The quantitative estimate of drug-likeness (QED) is 0.875. The highest BCUT2D eigenvalue weighted by molar-refractivity contribution is 5.40. The lowest BCUT2D eigenvalue weighted by molar-refractivity contribution is 0.159. The lowest BCUT2D eigenvalue weighted by Gasteiger charge is -2.39. The third kappa shape index (κ3) is 2.32. The van der Waals surface area contributed by atoms with Crippen LogP contribution in [-0.4, -0.2) is 37.1 Å². The number of rotatable bonds is 4. The van der Waals surface area contributed by atoms with E-state index >= 15 is 0 Å². The highest BCUT2D eigenvalue weighted by Gasteiger charge is 2.29. The summed E-state index contributed by atoms with van der Waals surface area (Å²) in [6, 6.07) is 9.71. The first kappa shape index (κ1) is 12.2. The number of nitrogens with zero attached hydrogens (tertiary/aromatic N) is 1. The van der Waals surface area contributed by atoms with E-state index in [-0.39, 0.29) is 0 Å². The van der Waals surface area contributed by atoms with Gasteiger partial charge in [-0.2, -0.15) is 0 Å². The van der Waals surface area contributed by atoms with E-state index in [2.05, 4.69) is 41.4 Å². The average Bonchev–Trinajstić information content (AvgIpc) is 2.41. The summed E-state index contributed by atoms with van der Waals surface area (Å²) in [5, 5.41) is 3.54. The molecule has 0 spiro atoms. The Kier molecular flexibility index (Phi) is 3.67. The zero-order chi connectivity index (χ0) is 12.4. The van der Waals surface area contributed by atoms with Crippen LogP contribution in [0, 0.1) is 0 Å². The van der Waals surface area contributed by atoms with Gasteiger partial charge in [0.1, 0.15) is 0 Å². The van der Waals surface area contributed by atoms with Crippen molar-refractivity contribution in [3.8, 4) is 0 Å². The summed E-state index contributed by atoms with van der Waals surface area (Å²) in [4.78, 5) is 2.69. The van der Waals surface area contributed by atoms with Gasteiger partial charge in [0, 0.05) is 25.0 Å². The van der Waals surface area contributed by atoms with Crippen molar-refractivity contribution in [2.24, 2.45) is 0 Å². The summed E-state index contributed by atoms with van der Waals surface area (Å²) in [6.07, 6.45) is 3.99. The van der Waals surface area contributed by atoms with Crippen LogP contribution in [0.1, 0.15) is 36.8 Å². The second-order valence-corrected chi connectivity index (χ2v) is 5.69. The average molecular weight is 244 g/mol.